The molecule has 1 saturated heterocycles. The Balaban J connectivity index is 1.87. The number of ether oxygens (including phenoxy) is 1. The molecule has 1 amide bonds. The molecule has 7 heteroatoms. The number of rotatable bonds is 5. The van der Waals surface area contributed by atoms with Gasteiger partial charge < -0.3 is 19.5 Å². The lowest BCUT2D eigenvalue weighted by atomic mass is 10.1. The van der Waals surface area contributed by atoms with E-state index in [1.165, 1.54) is 6.08 Å². The summed E-state index contributed by atoms with van der Waals surface area (Å²) in [4.78, 5) is 18.7. The van der Waals surface area contributed by atoms with Crippen LogP contribution in [0.25, 0.3) is 11.0 Å². The van der Waals surface area contributed by atoms with Crippen LogP contribution in [0.5, 0.6) is 0 Å². The topological polar surface area (TPSA) is 59.4 Å². The standard InChI is InChI=1S/C19H25FN4O2/c1-13-10-17-16(11-15(13)21-18(25)7-5-9-26-3)22-19(23(17)2)24-8-4-6-14(20)12-24/h5,7,10-11,14H,4,6,8-9,12H2,1-3H3,(H,21,25)/b7-5+. The van der Waals surface area contributed by atoms with E-state index in [-0.39, 0.29) is 5.91 Å². The van der Waals surface area contributed by atoms with Crippen molar-refractivity contribution in [2.24, 2.45) is 7.05 Å². The molecule has 1 fully saturated rings. The summed E-state index contributed by atoms with van der Waals surface area (Å²) in [5, 5.41) is 2.87. The number of imidazole rings is 1. The van der Waals surface area contributed by atoms with E-state index < -0.39 is 6.17 Å². The van der Waals surface area contributed by atoms with Gasteiger partial charge in [0.2, 0.25) is 11.9 Å². The molecule has 26 heavy (non-hydrogen) atoms. The molecule has 1 aromatic carbocycles. The molecule has 0 bridgehead atoms. The highest BCUT2D eigenvalue weighted by atomic mass is 19.1. The maximum atomic E-state index is 13.8. The highest BCUT2D eigenvalue weighted by Gasteiger charge is 2.23. The maximum absolute atomic E-state index is 13.8. The second kappa shape index (κ2) is 7.86. The Labute approximate surface area is 152 Å². The Kier molecular flexibility index (Phi) is 5.56. The van der Waals surface area contributed by atoms with Crippen LogP contribution in [-0.2, 0) is 16.6 Å². The van der Waals surface area contributed by atoms with Crippen LogP contribution in [-0.4, -0.2) is 48.4 Å². The Morgan fingerprint density at radius 2 is 2.31 bits per heavy atom. The Bertz CT molecular complexity index is 831. The predicted molar refractivity (Wildman–Crippen MR) is 101 cm³/mol. The Hall–Kier alpha value is -2.41. The van der Waals surface area contributed by atoms with Gasteiger partial charge in [-0.05, 0) is 37.5 Å². The summed E-state index contributed by atoms with van der Waals surface area (Å²) in [6.45, 7) is 3.52. The average molecular weight is 360 g/mol. The van der Waals surface area contributed by atoms with Crippen LogP contribution in [0.4, 0.5) is 16.0 Å². The molecule has 0 spiro atoms. The zero-order valence-corrected chi connectivity index (χ0v) is 15.5. The minimum atomic E-state index is -0.806. The minimum Gasteiger partial charge on any atom is -0.381 e. The number of nitrogens with one attached hydrogen (secondary N) is 1. The van der Waals surface area contributed by atoms with E-state index >= 15 is 0 Å². The van der Waals surface area contributed by atoms with Crippen molar-refractivity contribution < 1.29 is 13.9 Å². The fourth-order valence-electron chi connectivity index (χ4n) is 3.28. The number of nitrogens with zero attached hydrogens (tertiary/aromatic N) is 3. The van der Waals surface area contributed by atoms with Crippen molar-refractivity contribution in [3.05, 3.63) is 29.8 Å². The molecule has 1 aliphatic rings. The number of fused-ring (bicyclic) bond motifs is 1. The van der Waals surface area contributed by atoms with Crippen LogP contribution in [0.1, 0.15) is 18.4 Å². The third-order valence-electron chi connectivity index (χ3n) is 4.64. The minimum absolute atomic E-state index is 0.211. The number of aryl methyl sites for hydroxylation is 2. The van der Waals surface area contributed by atoms with E-state index in [1.54, 1.807) is 13.2 Å². The number of benzene rings is 1. The quantitative estimate of drug-likeness (QED) is 0.833. The van der Waals surface area contributed by atoms with Crippen molar-refractivity contribution in [1.82, 2.24) is 9.55 Å². The molecule has 1 aromatic heterocycles. The van der Waals surface area contributed by atoms with Crippen LogP contribution >= 0.6 is 0 Å². The monoisotopic (exact) mass is 360 g/mol. The summed E-state index contributed by atoms with van der Waals surface area (Å²) in [7, 11) is 3.52. The SMILES string of the molecule is COC/C=C/C(=O)Nc1cc2nc(N3CCCC(F)C3)n(C)c2cc1C. The average Bonchev–Trinajstić information content (AvgIpc) is 2.92. The number of carbonyl (C=O) groups excluding carboxylic acids is 1. The van der Waals surface area contributed by atoms with Gasteiger partial charge in [-0.15, -0.1) is 0 Å². The number of hydrogen-bond acceptors (Lipinski definition) is 4. The van der Waals surface area contributed by atoms with Gasteiger partial charge >= 0.3 is 0 Å². The largest absolute Gasteiger partial charge is 0.381 e. The molecule has 2 heterocycles. The highest BCUT2D eigenvalue weighted by Crippen LogP contribution is 2.28. The second-order valence-electron chi connectivity index (χ2n) is 6.66. The smallest absolute Gasteiger partial charge is 0.248 e. The van der Waals surface area contributed by atoms with Crippen molar-refractivity contribution >= 4 is 28.6 Å². The fraction of sp³-hybridized carbons (Fsp3) is 0.474. The van der Waals surface area contributed by atoms with E-state index in [9.17, 15) is 9.18 Å². The van der Waals surface area contributed by atoms with Crippen molar-refractivity contribution in [3.63, 3.8) is 0 Å². The zero-order chi connectivity index (χ0) is 18.7. The summed E-state index contributed by atoms with van der Waals surface area (Å²) >= 11 is 0. The summed E-state index contributed by atoms with van der Waals surface area (Å²) in [5.41, 5.74) is 3.41. The van der Waals surface area contributed by atoms with Crippen LogP contribution in [0, 0.1) is 6.92 Å². The normalized spacial score (nSPS) is 18.0. The van der Waals surface area contributed by atoms with Gasteiger partial charge in [-0.3, -0.25) is 4.79 Å². The third-order valence-corrected chi connectivity index (χ3v) is 4.64. The molecule has 1 atom stereocenters. The maximum Gasteiger partial charge on any atom is 0.248 e. The molecule has 6 nitrogen and oxygen atoms in total. The van der Waals surface area contributed by atoms with Gasteiger partial charge in [0.05, 0.1) is 24.2 Å². The number of carbonyl (C=O) groups is 1. The Morgan fingerprint density at radius 1 is 1.50 bits per heavy atom. The van der Waals surface area contributed by atoms with Gasteiger partial charge in [0.25, 0.3) is 0 Å². The molecule has 2 aromatic rings. The third kappa shape index (κ3) is 3.88. The van der Waals surface area contributed by atoms with Gasteiger partial charge in [-0.25, -0.2) is 9.37 Å². The summed E-state index contributed by atoms with van der Waals surface area (Å²) in [5.74, 6) is 0.558. The number of anilines is 2. The van der Waals surface area contributed by atoms with Crippen molar-refractivity contribution in [1.29, 1.82) is 0 Å². The number of piperidine rings is 1. The molecule has 0 radical (unpaired) electrons. The molecule has 1 unspecified atom stereocenters. The number of amides is 1. The van der Waals surface area contributed by atoms with E-state index in [2.05, 4.69) is 10.3 Å². The molecular weight excluding hydrogens is 335 g/mol. The summed E-state index contributed by atoms with van der Waals surface area (Å²) < 4.78 is 20.6. The van der Waals surface area contributed by atoms with E-state index in [4.69, 9.17) is 4.74 Å². The summed E-state index contributed by atoms with van der Waals surface area (Å²) in [6, 6.07) is 3.87. The van der Waals surface area contributed by atoms with Crippen LogP contribution in [0.15, 0.2) is 24.3 Å². The number of alkyl halides is 1. The molecule has 3 rings (SSSR count). The first kappa shape index (κ1) is 18.4. The van der Waals surface area contributed by atoms with Gasteiger partial charge in [0.15, 0.2) is 0 Å². The number of aromatic nitrogens is 2. The van der Waals surface area contributed by atoms with Gasteiger partial charge in [-0.2, -0.15) is 0 Å². The molecule has 0 aliphatic carbocycles. The molecule has 0 saturated carbocycles. The van der Waals surface area contributed by atoms with E-state index in [0.29, 0.717) is 19.6 Å². The van der Waals surface area contributed by atoms with Gasteiger partial charge in [0, 0.05) is 32.5 Å². The molecule has 1 N–H and O–H groups in total. The van der Waals surface area contributed by atoms with Gasteiger partial charge in [0.1, 0.15) is 6.17 Å². The number of hydrogen-bond donors (Lipinski definition) is 1. The molecular formula is C19H25FN4O2. The van der Waals surface area contributed by atoms with E-state index in [0.717, 1.165) is 41.2 Å². The molecule has 1 aliphatic heterocycles. The predicted octanol–water partition coefficient (Wildman–Crippen LogP) is 2.96. The lowest BCUT2D eigenvalue weighted by Crippen LogP contribution is -2.37. The van der Waals surface area contributed by atoms with Gasteiger partial charge in [-0.1, -0.05) is 6.08 Å². The second-order valence-corrected chi connectivity index (χ2v) is 6.66. The first-order valence-electron chi connectivity index (χ1n) is 8.82. The fourth-order valence-corrected chi connectivity index (χ4v) is 3.28. The van der Waals surface area contributed by atoms with Crippen LogP contribution < -0.4 is 10.2 Å². The highest BCUT2D eigenvalue weighted by molar-refractivity contribution is 6.01. The summed E-state index contributed by atoms with van der Waals surface area (Å²) in [6.07, 6.45) is 3.75. The van der Waals surface area contributed by atoms with Crippen molar-refractivity contribution in [2.45, 2.75) is 25.9 Å². The van der Waals surface area contributed by atoms with E-state index in [1.807, 2.05) is 35.6 Å². The number of halogens is 1. The lowest BCUT2D eigenvalue weighted by Gasteiger charge is -2.29. The molecule has 140 valence electrons. The first-order chi connectivity index (χ1) is 12.5. The zero-order valence-electron chi connectivity index (χ0n) is 15.5. The van der Waals surface area contributed by atoms with Crippen molar-refractivity contribution in [2.75, 3.05) is 37.0 Å². The number of methoxy groups -OCH3 is 1. The van der Waals surface area contributed by atoms with Crippen LogP contribution in [0.3, 0.4) is 0 Å². The van der Waals surface area contributed by atoms with Crippen LogP contribution in [0.2, 0.25) is 0 Å². The van der Waals surface area contributed by atoms with Crippen molar-refractivity contribution in [3.8, 4) is 0 Å². The first-order valence-corrected chi connectivity index (χ1v) is 8.82. The Morgan fingerprint density at radius 3 is 3.04 bits per heavy atom. The lowest BCUT2D eigenvalue weighted by molar-refractivity contribution is -0.111.